The van der Waals surface area contributed by atoms with E-state index < -0.39 is 0 Å². The first-order chi connectivity index (χ1) is 4.70. The Kier molecular flexibility index (Phi) is 1.01. The molecule has 0 saturated heterocycles. The molecule has 10 heavy (non-hydrogen) atoms. The Morgan fingerprint density at radius 1 is 1.30 bits per heavy atom. The number of halogens is 1. The second kappa shape index (κ2) is 1.67. The van der Waals surface area contributed by atoms with Gasteiger partial charge in [-0.05, 0) is 25.0 Å². The molecule has 2 bridgehead atoms. The summed E-state index contributed by atoms with van der Waals surface area (Å²) >= 11 is 5.81. The van der Waals surface area contributed by atoms with Crippen molar-refractivity contribution < 1.29 is 4.42 Å². The molecule has 2 aromatic rings. The van der Waals surface area contributed by atoms with Crippen molar-refractivity contribution >= 4 is 22.8 Å². The molecular formula is C8H7ClO. The van der Waals surface area contributed by atoms with Crippen molar-refractivity contribution in [1.82, 2.24) is 0 Å². The summed E-state index contributed by atoms with van der Waals surface area (Å²) in [4.78, 5) is 0. The van der Waals surface area contributed by atoms with Crippen LogP contribution in [-0.4, -0.2) is 0 Å². The zero-order chi connectivity index (χ0) is 7.30. The van der Waals surface area contributed by atoms with E-state index in [4.69, 9.17) is 16.0 Å². The normalized spacial score (nSPS) is 11.5. The minimum Gasteiger partial charge on any atom is -0.455 e. The predicted molar refractivity (Wildman–Crippen MR) is 41.9 cm³/mol. The number of benzene rings is 1. The van der Waals surface area contributed by atoms with Gasteiger partial charge in [-0.25, -0.2) is 0 Å². The second-order valence-electron chi connectivity index (χ2n) is 2.54. The molecule has 0 amide bonds. The molecule has 0 spiro atoms. The summed E-state index contributed by atoms with van der Waals surface area (Å²) in [5.74, 6) is 0. The molecule has 0 aliphatic carbocycles. The molecular weight excluding hydrogens is 148 g/mol. The van der Waals surface area contributed by atoms with Crippen LogP contribution in [0.2, 0.25) is 5.02 Å². The van der Waals surface area contributed by atoms with Gasteiger partial charge in [-0.15, -0.1) is 0 Å². The Morgan fingerprint density at radius 2 is 2.00 bits per heavy atom. The van der Waals surface area contributed by atoms with Crippen LogP contribution in [0, 0.1) is 13.8 Å². The van der Waals surface area contributed by atoms with Crippen LogP contribution in [0.5, 0.6) is 0 Å². The first kappa shape index (κ1) is 6.05. The summed E-state index contributed by atoms with van der Waals surface area (Å²) in [7, 11) is 0. The van der Waals surface area contributed by atoms with Crippen molar-refractivity contribution in [3.05, 3.63) is 22.2 Å². The molecule has 0 aromatic carbocycles. The fraction of sp³-hybridized carbons (Fsp3) is 0.250. The number of hydrogen-bond donors (Lipinski definition) is 0. The van der Waals surface area contributed by atoms with Gasteiger partial charge in [-0.1, -0.05) is 11.6 Å². The molecule has 0 radical (unpaired) electrons. The van der Waals surface area contributed by atoms with E-state index in [1.54, 1.807) is 0 Å². The van der Waals surface area contributed by atoms with Crippen LogP contribution in [-0.2, 0) is 0 Å². The van der Waals surface area contributed by atoms with Gasteiger partial charge in [0.05, 0.1) is 5.02 Å². The molecule has 0 fully saturated rings. The number of aryl methyl sites for hydroxylation is 2. The van der Waals surface area contributed by atoms with E-state index in [2.05, 4.69) is 0 Å². The zero-order valence-corrected chi connectivity index (χ0v) is 6.62. The summed E-state index contributed by atoms with van der Waals surface area (Å²) in [6.07, 6.45) is 0. The van der Waals surface area contributed by atoms with Crippen molar-refractivity contribution in [1.29, 1.82) is 0 Å². The summed E-state index contributed by atoms with van der Waals surface area (Å²) in [6.45, 7) is 4.06. The van der Waals surface area contributed by atoms with Gasteiger partial charge in [0.25, 0.3) is 0 Å². The zero-order valence-electron chi connectivity index (χ0n) is 5.86. The first-order valence-corrected chi connectivity index (χ1v) is 3.55. The van der Waals surface area contributed by atoms with E-state index in [0.29, 0.717) is 0 Å². The lowest BCUT2D eigenvalue weighted by molar-refractivity contribution is 0.672. The third-order valence-corrected chi connectivity index (χ3v) is 2.24. The third-order valence-electron chi connectivity index (χ3n) is 1.96. The average molecular weight is 155 g/mol. The van der Waals surface area contributed by atoms with Crippen LogP contribution in [0.25, 0.3) is 11.2 Å². The van der Waals surface area contributed by atoms with E-state index in [1.165, 1.54) is 11.1 Å². The Bertz CT molecular complexity index is 361. The van der Waals surface area contributed by atoms with Gasteiger partial charge in [0.2, 0.25) is 0 Å². The highest BCUT2D eigenvalue weighted by Gasteiger charge is 2.13. The Morgan fingerprint density at radius 3 is 2.40 bits per heavy atom. The minimum absolute atomic E-state index is 0.734. The molecule has 0 aliphatic heterocycles. The van der Waals surface area contributed by atoms with E-state index >= 15 is 0 Å². The lowest BCUT2D eigenvalue weighted by Crippen LogP contribution is -1.74. The molecule has 0 N–H and O–H groups in total. The number of rotatable bonds is 0. The maximum absolute atomic E-state index is 5.81. The summed E-state index contributed by atoms with van der Waals surface area (Å²) in [6, 6.07) is 1.86. The predicted octanol–water partition coefficient (Wildman–Crippen LogP) is 3.14. The van der Waals surface area contributed by atoms with Gasteiger partial charge in [0, 0.05) is 6.07 Å². The molecule has 1 nitrogen and oxygen atoms in total. The van der Waals surface area contributed by atoms with E-state index in [0.717, 1.165) is 16.2 Å². The molecule has 2 rings (SSSR count). The second-order valence-corrected chi connectivity index (χ2v) is 2.94. The number of hydrogen-bond acceptors (Lipinski definition) is 1. The first-order valence-electron chi connectivity index (χ1n) is 3.17. The quantitative estimate of drug-likeness (QED) is 0.568. The van der Waals surface area contributed by atoms with Crippen LogP contribution in [0.3, 0.4) is 0 Å². The SMILES string of the molecule is Cc1c(C)c2oc1cc2Cl. The van der Waals surface area contributed by atoms with Crippen LogP contribution >= 0.6 is 11.6 Å². The lowest BCUT2D eigenvalue weighted by Gasteiger charge is -1.90. The van der Waals surface area contributed by atoms with Gasteiger partial charge in [0.1, 0.15) is 11.2 Å². The maximum Gasteiger partial charge on any atom is 0.149 e. The van der Waals surface area contributed by atoms with E-state index in [9.17, 15) is 0 Å². The number of furan rings is 2. The minimum atomic E-state index is 0.734. The Balaban J connectivity index is 2.95. The smallest absolute Gasteiger partial charge is 0.149 e. The van der Waals surface area contributed by atoms with Crippen LogP contribution in [0.4, 0.5) is 0 Å². The average Bonchev–Trinajstić information content (AvgIpc) is 2.36. The standard InChI is InChI=1S/C8H7ClO/c1-4-5(2)8-6(9)3-7(4)10-8/h3H,1-2H3. The molecule has 2 aromatic heterocycles. The molecule has 2 heteroatoms. The van der Waals surface area contributed by atoms with Gasteiger partial charge in [-0.3, -0.25) is 0 Å². The topological polar surface area (TPSA) is 13.1 Å². The monoisotopic (exact) mass is 154 g/mol. The van der Waals surface area contributed by atoms with Crippen LogP contribution in [0.15, 0.2) is 10.5 Å². The summed E-state index contributed by atoms with van der Waals surface area (Å²) in [5.41, 5.74) is 4.13. The van der Waals surface area contributed by atoms with Gasteiger partial charge >= 0.3 is 0 Å². The summed E-state index contributed by atoms with van der Waals surface area (Å²) in [5, 5.41) is 0.734. The Labute approximate surface area is 63.9 Å². The van der Waals surface area contributed by atoms with Crippen molar-refractivity contribution in [2.75, 3.05) is 0 Å². The van der Waals surface area contributed by atoms with E-state index in [1.807, 2.05) is 19.9 Å². The van der Waals surface area contributed by atoms with Gasteiger partial charge in [0.15, 0.2) is 0 Å². The molecule has 0 atom stereocenters. The summed E-state index contributed by atoms with van der Waals surface area (Å²) < 4.78 is 5.34. The fourth-order valence-corrected chi connectivity index (χ4v) is 1.44. The third kappa shape index (κ3) is 0.536. The highest BCUT2D eigenvalue weighted by molar-refractivity contribution is 6.34. The highest BCUT2D eigenvalue weighted by Crippen LogP contribution is 2.33. The lowest BCUT2D eigenvalue weighted by atomic mass is 10.1. The van der Waals surface area contributed by atoms with Gasteiger partial charge < -0.3 is 4.42 Å². The molecule has 0 aliphatic rings. The Hall–Kier alpha value is -0.690. The van der Waals surface area contributed by atoms with Crippen molar-refractivity contribution in [2.24, 2.45) is 0 Å². The largest absolute Gasteiger partial charge is 0.455 e. The molecule has 52 valence electrons. The fourth-order valence-electron chi connectivity index (χ4n) is 1.16. The van der Waals surface area contributed by atoms with Crippen molar-refractivity contribution in [2.45, 2.75) is 13.8 Å². The molecule has 2 heterocycles. The van der Waals surface area contributed by atoms with E-state index in [-0.39, 0.29) is 0 Å². The molecule has 0 unspecified atom stereocenters. The number of fused-ring (bicyclic) bond motifs is 2. The highest BCUT2D eigenvalue weighted by atomic mass is 35.5. The molecule has 0 saturated carbocycles. The van der Waals surface area contributed by atoms with Crippen molar-refractivity contribution in [3.63, 3.8) is 0 Å². The van der Waals surface area contributed by atoms with Crippen LogP contribution in [0.1, 0.15) is 11.1 Å². The van der Waals surface area contributed by atoms with Gasteiger partial charge in [-0.2, -0.15) is 0 Å². The van der Waals surface area contributed by atoms with Crippen molar-refractivity contribution in [3.8, 4) is 0 Å². The van der Waals surface area contributed by atoms with Crippen LogP contribution < -0.4 is 0 Å². The maximum atomic E-state index is 5.81.